The maximum Gasteiger partial charge on any atom is 0.253 e. The van der Waals surface area contributed by atoms with Crippen molar-refractivity contribution in [1.82, 2.24) is 9.80 Å². The van der Waals surface area contributed by atoms with Crippen LogP contribution in [0, 0.1) is 11.7 Å². The highest BCUT2D eigenvalue weighted by Gasteiger charge is 2.30. The van der Waals surface area contributed by atoms with Gasteiger partial charge in [-0.05, 0) is 49.2 Å². The van der Waals surface area contributed by atoms with E-state index in [2.05, 4.69) is 0 Å². The lowest BCUT2D eigenvalue weighted by Crippen LogP contribution is -2.45. The van der Waals surface area contributed by atoms with Crippen molar-refractivity contribution in [3.05, 3.63) is 57.0 Å². The highest BCUT2D eigenvalue weighted by Crippen LogP contribution is 2.25. The van der Waals surface area contributed by atoms with Gasteiger partial charge in [-0.25, -0.2) is 4.39 Å². The second kappa shape index (κ2) is 8.18. The van der Waals surface area contributed by atoms with E-state index in [1.807, 2.05) is 12.1 Å². The van der Waals surface area contributed by atoms with Crippen molar-refractivity contribution in [2.45, 2.75) is 19.4 Å². The Morgan fingerprint density at radius 1 is 1.27 bits per heavy atom. The molecule has 0 saturated carbocycles. The molecule has 1 aromatic carbocycles. The van der Waals surface area contributed by atoms with Gasteiger partial charge in [-0.2, -0.15) is 0 Å². The number of thiophene rings is 1. The van der Waals surface area contributed by atoms with Crippen molar-refractivity contribution in [2.75, 3.05) is 20.1 Å². The average molecular weight is 395 g/mol. The summed E-state index contributed by atoms with van der Waals surface area (Å²) in [6.45, 7) is 1.52. The molecule has 26 heavy (non-hydrogen) atoms. The first-order chi connectivity index (χ1) is 12.4. The minimum absolute atomic E-state index is 0.0335. The predicted molar refractivity (Wildman–Crippen MR) is 101 cm³/mol. The van der Waals surface area contributed by atoms with Crippen molar-refractivity contribution in [3.8, 4) is 0 Å². The summed E-state index contributed by atoms with van der Waals surface area (Å²) in [6, 6.07) is 9.26. The molecule has 7 heteroatoms. The third kappa shape index (κ3) is 4.43. The topological polar surface area (TPSA) is 40.6 Å². The minimum atomic E-state index is -0.372. The van der Waals surface area contributed by atoms with Crippen LogP contribution in [0.3, 0.4) is 0 Å². The Morgan fingerprint density at radius 2 is 2.00 bits per heavy atom. The molecule has 0 bridgehead atoms. The Labute approximate surface area is 161 Å². The van der Waals surface area contributed by atoms with Crippen LogP contribution in [-0.2, 0) is 11.3 Å². The van der Waals surface area contributed by atoms with E-state index in [1.165, 1.54) is 35.6 Å². The monoisotopic (exact) mass is 394 g/mol. The Balaban J connectivity index is 1.62. The molecule has 1 unspecified atom stereocenters. The zero-order valence-electron chi connectivity index (χ0n) is 14.5. The van der Waals surface area contributed by atoms with E-state index >= 15 is 0 Å². The van der Waals surface area contributed by atoms with E-state index in [1.54, 1.807) is 16.8 Å². The zero-order valence-corrected chi connectivity index (χ0v) is 16.0. The fraction of sp³-hybridized carbons (Fsp3) is 0.368. The summed E-state index contributed by atoms with van der Waals surface area (Å²) in [6.07, 6.45) is 1.55. The van der Waals surface area contributed by atoms with Crippen LogP contribution in [-0.4, -0.2) is 41.8 Å². The summed E-state index contributed by atoms with van der Waals surface area (Å²) in [7, 11) is 1.77. The van der Waals surface area contributed by atoms with Crippen molar-refractivity contribution < 1.29 is 14.0 Å². The Kier molecular flexibility index (Phi) is 5.94. The molecule has 2 amide bonds. The van der Waals surface area contributed by atoms with Gasteiger partial charge in [-0.1, -0.05) is 11.6 Å². The van der Waals surface area contributed by atoms with Gasteiger partial charge in [0.2, 0.25) is 5.91 Å². The molecule has 1 aromatic heterocycles. The first-order valence-electron chi connectivity index (χ1n) is 8.48. The number of rotatable bonds is 4. The molecule has 2 heterocycles. The molecule has 3 rings (SSSR count). The summed E-state index contributed by atoms with van der Waals surface area (Å²) < 4.78 is 13.8. The largest absolute Gasteiger partial charge is 0.340 e. The molecular formula is C19H20ClFN2O2S. The number of likely N-dealkylation sites (tertiary alicyclic amines) is 1. The van der Waals surface area contributed by atoms with E-state index in [0.29, 0.717) is 29.5 Å². The highest BCUT2D eigenvalue weighted by molar-refractivity contribution is 7.16. The smallest absolute Gasteiger partial charge is 0.253 e. The van der Waals surface area contributed by atoms with Gasteiger partial charge in [0.05, 0.1) is 16.8 Å². The maximum absolute atomic E-state index is 13.0. The molecule has 1 aliphatic rings. The first kappa shape index (κ1) is 18.9. The Morgan fingerprint density at radius 3 is 2.65 bits per heavy atom. The first-order valence-corrected chi connectivity index (χ1v) is 9.67. The van der Waals surface area contributed by atoms with Crippen LogP contribution in [0.25, 0.3) is 0 Å². The summed E-state index contributed by atoms with van der Waals surface area (Å²) in [5, 5.41) is 0. The Hall–Kier alpha value is -1.92. The number of hydrogen-bond acceptors (Lipinski definition) is 3. The highest BCUT2D eigenvalue weighted by atomic mass is 35.5. The number of halogens is 2. The third-order valence-corrected chi connectivity index (χ3v) is 5.76. The van der Waals surface area contributed by atoms with E-state index in [-0.39, 0.29) is 23.5 Å². The maximum atomic E-state index is 13.0. The van der Waals surface area contributed by atoms with Crippen molar-refractivity contribution in [3.63, 3.8) is 0 Å². The molecule has 0 radical (unpaired) electrons. The number of nitrogens with zero attached hydrogens (tertiary/aromatic N) is 2. The molecule has 1 saturated heterocycles. The van der Waals surface area contributed by atoms with Crippen LogP contribution >= 0.6 is 22.9 Å². The number of amides is 2. The lowest BCUT2D eigenvalue weighted by Gasteiger charge is -2.34. The van der Waals surface area contributed by atoms with E-state index in [0.717, 1.165) is 17.7 Å². The van der Waals surface area contributed by atoms with Gasteiger partial charge in [0, 0.05) is 30.6 Å². The Bertz CT molecular complexity index is 793. The number of benzene rings is 1. The van der Waals surface area contributed by atoms with Crippen LogP contribution in [0.15, 0.2) is 36.4 Å². The third-order valence-electron chi connectivity index (χ3n) is 4.55. The predicted octanol–water partition coefficient (Wildman–Crippen LogP) is 4.05. The van der Waals surface area contributed by atoms with Crippen LogP contribution in [0.1, 0.15) is 28.1 Å². The van der Waals surface area contributed by atoms with E-state index in [9.17, 15) is 14.0 Å². The molecule has 138 valence electrons. The van der Waals surface area contributed by atoms with Gasteiger partial charge in [0.25, 0.3) is 5.91 Å². The van der Waals surface area contributed by atoms with Gasteiger partial charge in [0.1, 0.15) is 5.82 Å². The van der Waals surface area contributed by atoms with Gasteiger partial charge in [-0.15, -0.1) is 11.3 Å². The van der Waals surface area contributed by atoms with Crippen LogP contribution in [0.4, 0.5) is 4.39 Å². The SMILES string of the molecule is CN(Cc1ccc(Cl)s1)C(=O)C1CCCN(C(=O)c2ccc(F)cc2)C1. The molecule has 1 atom stereocenters. The van der Waals surface area contributed by atoms with Crippen molar-refractivity contribution >= 4 is 34.8 Å². The van der Waals surface area contributed by atoms with Gasteiger partial charge >= 0.3 is 0 Å². The molecular weight excluding hydrogens is 375 g/mol. The number of carbonyl (C=O) groups excluding carboxylic acids is 2. The summed E-state index contributed by atoms with van der Waals surface area (Å²) in [5.74, 6) is -0.710. The van der Waals surface area contributed by atoms with Gasteiger partial charge in [0.15, 0.2) is 0 Å². The summed E-state index contributed by atoms with van der Waals surface area (Å²) in [4.78, 5) is 29.8. The summed E-state index contributed by atoms with van der Waals surface area (Å²) in [5.41, 5.74) is 0.445. The molecule has 0 aliphatic carbocycles. The molecule has 4 nitrogen and oxygen atoms in total. The lowest BCUT2D eigenvalue weighted by atomic mass is 9.96. The number of hydrogen-bond donors (Lipinski definition) is 0. The second-order valence-electron chi connectivity index (χ2n) is 6.50. The van der Waals surface area contributed by atoms with E-state index < -0.39 is 0 Å². The normalized spacial score (nSPS) is 17.2. The van der Waals surface area contributed by atoms with Gasteiger partial charge < -0.3 is 9.80 Å². The van der Waals surface area contributed by atoms with Crippen LogP contribution < -0.4 is 0 Å². The molecule has 1 aliphatic heterocycles. The quantitative estimate of drug-likeness (QED) is 0.784. The molecule has 1 fully saturated rings. The molecule has 0 spiro atoms. The number of piperidine rings is 1. The molecule has 0 N–H and O–H groups in total. The van der Waals surface area contributed by atoms with Crippen LogP contribution in [0.2, 0.25) is 4.34 Å². The standard InChI is InChI=1S/C19H20ClFN2O2S/c1-22(12-16-8-9-17(20)26-16)18(24)14-3-2-10-23(11-14)19(25)13-4-6-15(21)7-5-13/h4-9,14H,2-3,10-12H2,1H3. The zero-order chi connectivity index (χ0) is 18.7. The van der Waals surface area contributed by atoms with Crippen molar-refractivity contribution in [1.29, 1.82) is 0 Å². The minimum Gasteiger partial charge on any atom is -0.340 e. The average Bonchev–Trinajstić information content (AvgIpc) is 3.06. The molecule has 2 aromatic rings. The fourth-order valence-electron chi connectivity index (χ4n) is 3.20. The van der Waals surface area contributed by atoms with E-state index in [4.69, 9.17) is 11.6 Å². The summed E-state index contributed by atoms with van der Waals surface area (Å²) >= 11 is 7.40. The second-order valence-corrected chi connectivity index (χ2v) is 8.30. The number of carbonyl (C=O) groups is 2. The van der Waals surface area contributed by atoms with Crippen LogP contribution in [0.5, 0.6) is 0 Å². The lowest BCUT2D eigenvalue weighted by molar-refractivity contribution is -0.136. The fourth-order valence-corrected chi connectivity index (χ4v) is 4.34. The van der Waals surface area contributed by atoms with Crippen molar-refractivity contribution in [2.24, 2.45) is 5.92 Å². The van der Waals surface area contributed by atoms with Gasteiger partial charge in [-0.3, -0.25) is 9.59 Å².